The lowest BCUT2D eigenvalue weighted by Gasteiger charge is -2.21. The van der Waals surface area contributed by atoms with Crippen molar-refractivity contribution in [3.8, 4) is 11.5 Å². The summed E-state index contributed by atoms with van der Waals surface area (Å²) in [5, 5.41) is 0. The van der Waals surface area contributed by atoms with Crippen LogP contribution in [0.4, 0.5) is 0 Å². The van der Waals surface area contributed by atoms with Gasteiger partial charge in [-0.05, 0) is 25.0 Å². The van der Waals surface area contributed by atoms with Gasteiger partial charge in [-0.3, -0.25) is 0 Å². The van der Waals surface area contributed by atoms with E-state index in [1.807, 2.05) is 44.2 Å². The van der Waals surface area contributed by atoms with Gasteiger partial charge in [0, 0.05) is 31.6 Å². The first-order valence-corrected chi connectivity index (χ1v) is 9.75. The van der Waals surface area contributed by atoms with E-state index >= 15 is 0 Å². The van der Waals surface area contributed by atoms with Crippen LogP contribution in [0, 0.1) is 0 Å². The molecule has 2 rings (SSSR count). The largest absolute Gasteiger partial charge is 0.444 e. The molecule has 1 aromatic carbocycles. The summed E-state index contributed by atoms with van der Waals surface area (Å²) in [5.74, 6) is 0.548. The van der Waals surface area contributed by atoms with Crippen LogP contribution in [-0.4, -0.2) is 37.3 Å². The van der Waals surface area contributed by atoms with Crippen molar-refractivity contribution in [2.75, 3.05) is 19.6 Å². The van der Waals surface area contributed by atoms with Crippen LogP contribution in [0.25, 0.3) is 11.5 Å². The van der Waals surface area contributed by atoms with Gasteiger partial charge < -0.3 is 4.42 Å². The number of benzene rings is 1. The van der Waals surface area contributed by atoms with Crippen LogP contribution < -0.4 is 4.72 Å². The average molecular weight is 351 g/mol. The van der Waals surface area contributed by atoms with Crippen molar-refractivity contribution in [2.45, 2.75) is 33.1 Å². The molecule has 0 radical (unpaired) electrons. The highest BCUT2D eigenvalue weighted by Crippen LogP contribution is 2.17. The summed E-state index contributed by atoms with van der Waals surface area (Å²) in [7, 11) is -3.44. The Hall–Kier alpha value is -1.70. The second-order valence-electron chi connectivity index (χ2n) is 5.56. The molecule has 6 nitrogen and oxygen atoms in total. The fourth-order valence-corrected chi connectivity index (χ4v) is 3.77. The lowest BCUT2D eigenvalue weighted by atomic mass is 10.2. The first kappa shape index (κ1) is 18.6. The number of oxazole rings is 1. The third kappa shape index (κ3) is 5.15. The first-order chi connectivity index (χ1) is 11.6. The molecule has 7 heteroatoms. The molecule has 2 aromatic rings. The van der Waals surface area contributed by atoms with E-state index in [2.05, 4.69) is 9.71 Å². The second kappa shape index (κ2) is 8.96. The maximum absolute atomic E-state index is 12.3. The summed E-state index contributed by atoms with van der Waals surface area (Å²) < 4.78 is 34.2. The number of nitrogens with one attached hydrogen (secondary N) is 1. The molecule has 1 aromatic heterocycles. The first-order valence-electron chi connectivity index (χ1n) is 8.31. The predicted molar refractivity (Wildman–Crippen MR) is 94.7 cm³/mol. The van der Waals surface area contributed by atoms with E-state index in [0.717, 1.165) is 24.1 Å². The van der Waals surface area contributed by atoms with E-state index in [0.29, 0.717) is 31.9 Å². The van der Waals surface area contributed by atoms with Crippen molar-refractivity contribution in [3.63, 3.8) is 0 Å². The Kier molecular flexibility index (Phi) is 6.96. The number of hydrogen-bond acceptors (Lipinski definition) is 4. The Morgan fingerprint density at radius 3 is 2.42 bits per heavy atom. The molecule has 0 amide bonds. The molecule has 24 heavy (non-hydrogen) atoms. The summed E-state index contributed by atoms with van der Waals surface area (Å²) in [4.78, 5) is 4.40. The van der Waals surface area contributed by atoms with Crippen LogP contribution in [0.5, 0.6) is 0 Å². The van der Waals surface area contributed by atoms with Gasteiger partial charge in [0.15, 0.2) is 0 Å². The van der Waals surface area contributed by atoms with Gasteiger partial charge in [-0.1, -0.05) is 32.0 Å². The lowest BCUT2D eigenvalue weighted by Crippen LogP contribution is -2.42. The topological polar surface area (TPSA) is 75.4 Å². The maximum Gasteiger partial charge on any atom is 0.279 e. The van der Waals surface area contributed by atoms with E-state index in [4.69, 9.17) is 4.42 Å². The van der Waals surface area contributed by atoms with E-state index in [-0.39, 0.29) is 0 Å². The highest BCUT2D eigenvalue weighted by molar-refractivity contribution is 7.87. The van der Waals surface area contributed by atoms with Crippen LogP contribution in [0.15, 0.2) is 41.0 Å². The van der Waals surface area contributed by atoms with Gasteiger partial charge in [0.2, 0.25) is 5.89 Å². The molecule has 1 N–H and O–H groups in total. The van der Waals surface area contributed by atoms with Crippen LogP contribution in [0.1, 0.15) is 32.4 Å². The molecule has 0 unspecified atom stereocenters. The fraction of sp³-hybridized carbons (Fsp3) is 0.471. The molecule has 0 saturated heterocycles. The van der Waals surface area contributed by atoms with Gasteiger partial charge in [0.05, 0.1) is 5.69 Å². The molecule has 0 aliphatic rings. The van der Waals surface area contributed by atoms with E-state index in [1.54, 1.807) is 6.26 Å². The van der Waals surface area contributed by atoms with Crippen LogP contribution in [0.2, 0.25) is 0 Å². The molecule has 0 aliphatic heterocycles. The molecule has 0 spiro atoms. The zero-order valence-corrected chi connectivity index (χ0v) is 15.1. The third-order valence-electron chi connectivity index (χ3n) is 3.52. The Morgan fingerprint density at radius 1 is 1.12 bits per heavy atom. The minimum absolute atomic E-state index is 0.299. The van der Waals surface area contributed by atoms with Gasteiger partial charge >= 0.3 is 0 Å². The van der Waals surface area contributed by atoms with Crippen molar-refractivity contribution >= 4 is 10.2 Å². The third-order valence-corrected chi connectivity index (χ3v) is 5.14. The van der Waals surface area contributed by atoms with Crippen LogP contribution in [0.3, 0.4) is 0 Å². The molecule has 0 aliphatic carbocycles. The van der Waals surface area contributed by atoms with Gasteiger partial charge in [-0.2, -0.15) is 12.7 Å². The molecule has 0 atom stereocenters. The molecule has 132 valence electrons. The Morgan fingerprint density at radius 2 is 1.79 bits per heavy atom. The predicted octanol–water partition coefficient (Wildman–Crippen LogP) is 2.84. The molecular formula is C17H25N3O3S. The van der Waals surface area contributed by atoms with Crippen molar-refractivity contribution in [2.24, 2.45) is 0 Å². The number of rotatable bonds is 10. The van der Waals surface area contributed by atoms with Crippen molar-refractivity contribution in [3.05, 3.63) is 42.3 Å². The van der Waals surface area contributed by atoms with Gasteiger partial charge in [-0.15, -0.1) is 0 Å². The van der Waals surface area contributed by atoms with Crippen molar-refractivity contribution < 1.29 is 12.8 Å². The standard InChI is InChI=1S/C17H25N3O3S/c1-3-12-20(13-4-2)24(21,22)18-11-10-16-14-23-17(19-16)15-8-6-5-7-9-15/h5-9,14,18H,3-4,10-13H2,1-2H3. The number of nitrogens with zero attached hydrogens (tertiary/aromatic N) is 2. The minimum Gasteiger partial charge on any atom is -0.444 e. The summed E-state index contributed by atoms with van der Waals surface area (Å²) in [5.41, 5.74) is 1.63. The van der Waals surface area contributed by atoms with E-state index in [1.165, 1.54) is 4.31 Å². The second-order valence-corrected chi connectivity index (χ2v) is 7.31. The Bertz CT molecular complexity index is 708. The number of aromatic nitrogens is 1. The SMILES string of the molecule is CCCN(CCC)S(=O)(=O)NCCc1coc(-c2ccccc2)n1. The molecule has 0 fully saturated rings. The Labute approximate surface area is 144 Å². The smallest absolute Gasteiger partial charge is 0.279 e. The van der Waals surface area contributed by atoms with Gasteiger partial charge in [0.1, 0.15) is 6.26 Å². The maximum atomic E-state index is 12.3. The molecular weight excluding hydrogens is 326 g/mol. The fourth-order valence-electron chi connectivity index (χ4n) is 2.39. The highest BCUT2D eigenvalue weighted by Gasteiger charge is 2.19. The Balaban J connectivity index is 1.91. The van der Waals surface area contributed by atoms with Gasteiger partial charge in [-0.25, -0.2) is 9.71 Å². The zero-order chi connectivity index (χ0) is 17.4. The van der Waals surface area contributed by atoms with Crippen LogP contribution in [-0.2, 0) is 16.6 Å². The summed E-state index contributed by atoms with van der Waals surface area (Å²) in [6.45, 7) is 5.31. The normalized spacial score (nSPS) is 12.0. The van der Waals surface area contributed by atoms with E-state index in [9.17, 15) is 8.42 Å². The lowest BCUT2D eigenvalue weighted by molar-refractivity contribution is 0.402. The monoisotopic (exact) mass is 351 g/mol. The van der Waals surface area contributed by atoms with Crippen molar-refractivity contribution in [1.82, 2.24) is 14.0 Å². The van der Waals surface area contributed by atoms with Crippen molar-refractivity contribution in [1.29, 1.82) is 0 Å². The molecule has 0 saturated carbocycles. The average Bonchev–Trinajstić information content (AvgIpc) is 3.04. The number of hydrogen-bond donors (Lipinski definition) is 1. The molecule has 1 heterocycles. The minimum atomic E-state index is -3.44. The summed E-state index contributed by atoms with van der Waals surface area (Å²) in [6.07, 6.45) is 3.66. The van der Waals surface area contributed by atoms with Crippen LogP contribution >= 0.6 is 0 Å². The molecule has 0 bridgehead atoms. The zero-order valence-electron chi connectivity index (χ0n) is 14.2. The highest BCUT2D eigenvalue weighted by atomic mass is 32.2. The quantitative estimate of drug-likeness (QED) is 0.714. The summed E-state index contributed by atoms with van der Waals surface area (Å²) in [6, 6.07) is 9.62. The van der Waals surface area contributed by atoms with Gasteiger partial charge in [0.25, 0.3) is 10.2 Å². The van der Waals surface area contributed by atoms with E-state index < -0.39 is 10.2 Å². The summed E-state index contributed by atoms with van der Waals surface area (Å²) >= 11 is 0.